The molecule has 7 N–H and O–H groups in total. The van der Waals surface area contributed by atoms with Gasteiger partial charge in [0.2, 0.25) is 0 Å². The number of β-amino-alcohol motifs (C(OH)–C–C–N with tert-alkyl or cyclic N) is 1. The smallest absolute Gasteiger partial charge is 0.162 e. The number of anilines is 1. The molecule has 0 aliphatic heterocycles. The van der Waals surface area contributed by atoms with E-state index >= 15 is 0 Å². The quantitative estimate of drug-likeness (QED) is 0.393. The zero-order chi connectivity index (χ0) is 17.6. The third kappa shape index (κ3) is 9.18. The second kappa shape index (κ2) is 12.7. The summed E-state index contributed by atoms with van der Waals surface area (Å²) in [5.41, 5.74) is 3.88. The Labute approximate surface area is 172 Å². The van der Waals surface area contributed by atoms with E-state index in [2.05, 4.69) is 41.7 Å². The summed E-state index contributed by atoms with van der Waals surface area (Å²) in [5.74, 6) is 6.43. The van der Waals surface area contributed by atoms with Crippen LogP contribution in [0.5, 0.6) is 5.75 Å². The fourth-order valence-electron chi connectivity index (χ4n) is 2.03. The Bertz CT molecular complexity index is 654. The van der Waals surface area contributed by atoms with E-state index in [0.717, 1.165) is 5.56 Å². The minimum atomic E-state index is -0.604. The van der Waals surface area contributed by atoms with Gasteiger partial charge >= 0.3 is 0 Å². The first-order chi connectivity index (χ1) is 11.4. The third-order valence-electron chi connectivity index (χ3n) is 3.27. The lowest BCUT2D eigenvalue weighted by atomic mass is 10.1. The van der Waals surface area contributed by atoms with Crippen molar-refractivity contribution >= 4 is 30.6 Å². The minimum absolute atomic E-state index is 0. The van der Waals surface area contributed by atoms with Gasteiger partial charge in [0.05, 0.1) is 5.69 Å². The van der Waals surface area contributed by atoms with Crippen molar-refractivity contribution in [3.05, 3.63) is 36.4 Å². The maximum absolute atomic E-state index is 10.1. The lowest BCUT2D eigenvalue weighted by Gasteiger charge is -2.23. The predicted octanol–water partition coefficient (Wildman–Crippen LogP) is 1.58. The summed E-state index contributed by atoms with van der Waals surface area (Å²) in [6.07, 6.45) is -0.604. The molecule has 1 unspecified atom stereocenters. The Morgan fingerprint density at radius 2 is 1.78 bits per heavy atom. The van der Waals surface area contributed by atoms with Crippen molar-refractivity contribution in [3.8, 4) is 17.0 Å². The lowest BCUT2D eigenvalue weighted by Crippen LogP contribution is -2.42. The molecule has 1 aromatic carbocycles. The van der Waals surface area contributed by atoms with Crippen LogP contribution in [0.2, 0.25) is 0 Å². The summed E-state index contributed by atoms with van der Waals surface area (Å²) in [5, 5.41) is 21.4. The van der Waals surface area contributed by atoms with Gasteiger partial charge in [-0.15, -0.1) is 35.0 Å². The van der Waals surface area contributed by atoms with Gasteiger partial charge in [0, 0.05) is 17.6 Å². The topological polar surface area (TPSA) is 137 Å². The van der Waals surface area contributed by atoms with Crippen LogP contribution < -0.4 is 21.3 Å². The first kappa shape index (κ1) is 27.5. The molecule has 0 spiro atoms. The minimum Gasteiger partial charge on any atom is -0.490 e. The number of nitrogens with one attached hydrogen (secondary N) is 2. The van der Waals surface area contributed by atoms with Crippen LogP contribution in [0.4, 0.5) is 5.82 Å². The average Bonchev–Trinajstić information content (AvgIpc) is 2.58. The monoisotopic (exact) mass is 421 g/mol. The van der Waals surface area contributed by atoms with Crippen molar-refractivity contribution in [3.63, 3.8) is 0 Å². The number of hydrogen-bond acceptors (Lipinski definition) is 7. The molecule has 2 rings (SSSR count). The predicted molar refractivity (Wildman–Crippen MR) is 113 cm³/mol. The van der Waals surface area contributed by atoms with E-state index in [0.29, 0.717) is 23.8 Å². The van der Waals surface area contributed by atoms with Crippen LogP contribution in [0.15, 0.2) is 36.4 Å². The number of hydrazine groups is 1. The summed E-state index contributed by atoms with van der Waals surface area (Å²) in [4.78, 5) is 0. The molecule has 10 heteroatoms. The molecular weight excluding hydrogens is 393 g/mol. The number of hydrogen-bond donors (Lipinski definition) is 4. The number of nitrogen functional groups attached to an aromatic ring is 1. The van der Waals surface area contributed by atoms with Gasteiger partial charge in [0.1, 0.15) is 18.5 Å². The number of ether oxygens (including phenoxy) is 1. The third-order valence-corrected chi connectivity index (χ3v) is 3.27. The van der Waals surface area contributed by atoms with Crippen LogP contribution in [-0.4, -0.2) is 45.6 Å². The van der Waals surface area contributed by atoms with Crippen LogP contribution in [0.1, 0.15) is 20.8 Å². The largest absolute Gasteiger partial charge is 0.490 e. The first-order valence-corrected chi connectivity index (χ1v) is 7.84. The molecule has 0 saturated carbocycles. The van der Waals surface area contributed by atoms with Gasteiger partial charge in [-0.2, -0.15) is 0 Å². The Hall–Kier alpha value is -1.68. The fraction of sp³-hybridized carbons (Fsp3) is 0.412. The van der Waals surface area contributed by atoms with E-state index in [4.69, 9.17) is 10.6 Å². The van der Waals surface area contributed by atoms with Crippen LogP contribution >= 0.6 is 24.8 Å². The second-order valence-electron chi connectivity index (χ2n) is 6.54. The SMILES string of the molecule is CC(C)(C)NCC(O)COc1ccccc1-c1ccc(NN)nn1.Cl.Cl.O. The zero-order valence-electron chi connectivity index (χ0n) is 15.6. The number of rotatable bonds is 7. The van der Waals surface area contributed by atoms with Crippen molar-refractivity contribution in [2.24, 2.45) is 5.84 Å². The maximum Gasteiger partial charge on any atom is 0.162 e. The highest BCUT2D eigenvalue weighted by Crippen LogP contribution is 2.28. The molecule has 1 atom stereocenters. The number of halogens is 2. The molecule has 0 radical (unpaired) electrons. The van der Waals surface area contributed by atoms with Crippen LogP contribution in [0.25, 0.3) is 11.3 Å². The highest BCUT2D eigenvalue weighted by molar-refractivity contribution is 5.85. The Kier molecular flexibility index (Phi) is 12.9. The van der Waals surface area contributed by atoms with Crippen LogP contribution in [0.3, 0.4) is 0 Å². The van der Waals surface area contributed by atoms with Crippen LogP contribution in [-0.2, 0) is 0 Å². The number of para-hydroxylation sites is 1. The highest BCUT2D eigenvalue weighted by Gasteiger charge is 2.14. The summed E-state index contributed by atoms with van der Waals surface area (Å²) in [6, 6.07) is 11.1. The molecule has 154 valence electrons. The van der Waals surface area contributed by atoms with Gasteiger partial charge in [-0.05, 0) is 45.0 Å². The number of aliphatic hydroxyl groups excluding tert-OH is 1. The van der Waals surface area contributed by atoms with Crippen molar-refractivity contribution in [2.45, 2.75) is 32.4 Å². The number of nitrogens with zero attached hydrogens (tertiary/aromatic N) is 2. The Morgan fingerprint density at radius 3 is 2.33 bits per heavy atom. The van der Waals surface area contributed by atoms with Gasteiger partial charge in [0.15, 0.2) is 5.82 Å². The van der Waals surface area contributed by atoms with Gasteiger partial charge in [0.25, 0.3) is 0 Å². The molecule has 1 heterocycles. The van der Waals surface area contributed by atoms with Gasteiger partial charge in [-0.1, -0.05) is 12.1 Å². The summed E-state index contributed by atoms with van der Waals surface area (Å²) < 4.78 is 5.78. The molecule has 27 heavy (non-hydrogen) atoms. The molecule has 2 aromatic rings. The van der Waals surface area contributed by atoms with Crippen molar-refractivity contribution < 1.29 is 15.3 Å². The molecule has 0 aliphatic carbocycles. The Balaban J connectivity index is 0. The van der Waals surface area contributed by atoms with Crippen molar-refractivity contribution in [2.75, 3.05) is 18.6 Å². The van der Waals surface area contributed by atoms with Crippen LogP contribution in [0, 0.1) is 0 Å². The van der Waals surface area contributed by atoms with E-state index in [9.17, 15) is 5.11 Å². The molecule has 8 nitrogen and oxygen atoms in total. The molecule has 0 saturated heterocycles. The van der Waals surface area contributed by atoms with E-state index < -0.39 is 6.10 Å². The van der Waals surface area contributed by atoms with Gasteiger partial charge in [-0.25, -0.2) is 5.84 Å². The normalized spacial score (nSPS) is 11.3. The highest BCUT2D eigenvalue weighted by atomic mass is 35.5. The molecule has 0 bridgehead atoms. The second-order valence-corrected chi connectivity index (χ2v) is 6.54. The summed E-state index contributed by atoms with van der Waals surface area (Å²) in [7, 11) is 0. The van der Waals surface area contributed by atoms with Gasteiger partial charge < -0.3 is 26.1 Å². The Morgan fingerprint density at radius 1 is 1.11 bits per heavy atom. The molecule has 1 aromatic heterocycles. The van der Waals surface area contributed by atoms with Crippen molar-refractivity contribution in [1.82, 2.24) is 15.5 Å². The first-order valence-electron chi connectivity index (χ1n) is 7.84. The molecule has 0 fully saturated rings. The van der Waals surface area contributed by atoms with Crippen molar-refractivity contribution in [1.29, 1.82) is 0 Å². The van der Waals surface area contributed by atoms with E-state index in [1.54, 1.807) is 6.07 Å². The molecular formula is C17H29Cl2N5O3. The number of aromatic nitrogens is 2. The maximum atomic E-state index is 10.1. The van der Waals surface area contributed by atoms with Gasteiger partial charge in [-0.3, -0.25) is 0 Å². The number of benzene rings is 1. The number of nitrogens with two attached hydrogens (primary N) is 1. The van der Waals surface area contributed by atoms with E-state index in [1.165, 1.54) is 0 Å². The summed E-state index contributed by atoms with van der Waals surface area (Å²) >= 11 is 0. The van der Waals surface area contributed by atoms with E-state index in [1.807, 2.05) is 30.3 Å². The van der Waals surface area contributed by atoms with E-state index in [-0.39, 0.29) is 42.4 Å². The number of aliphatic hydroxyl groups is 1. The summed E-state index contributed by atoms with van der Waals surface area (Å²) in [6.45, 7) is 6.80. The zero-order valence-corrected chi connectivity index (χ0v) is 17.2. The molecule has 0 aliphatic rings. The lowest BCUT2D eigenvalue weighted by molar-refractivity contribution is 0.100. The molecule has 0 amide bonds. The standard InChI is InChI=1S/C17H25N5O2.2ClH.H2O/c1-17(2,3)19-10-12(23)11-24-15-7-5-4-6-13(15)14-8-9-16(20-18)22-21-14;;;/h4-9,12,19,23H,10-11,18H2,1-3H3,(H,20,22);2*1H;1H2. The average molecular weight is 422 g/mol. The fourth-order valence-corrected chi connectivity index (χ4v) is 2.03.